The first-order valence-corrected chi connectivity index (χ1v) is 10.4. The number of rotatable bonds is 2. The van der Waals surface area contributed by atoms with Crippen molar-refractivity contribution in [3.8, 4) is 0 Å². The number of likely N-dealkylation sites (tertiary alicyclic amines) is 1. The van der Waals surface area contributed by atoms with Crippen molar-refractivity contribution in [3.63, 3.8) is 0 Å². The summed E-state index contributed by atoms with van der Waals surface area (Å²) < 4.78 is 5.17. The van der Waals surface area contributed by atoms with Crippen LogP contribution >= 0.6 is 11.6 Å². The second-order valence-electron chi connectivity index (χ2n) is 7.58. The van der Waals surface area contributed by atoms with Crippen LogP contribution in [0.2, 0.25) is 5.02 Å². The van der Waals surface area contributed by atoms with Crippen LogP contribution in [0.1, 0.15) is 48.1 Å². The molecule has 6 heteroatoms. The molecular weight excluding hydrogens is 374 g/mol. The van der Waals surface area contributed by atoms with Crippen LogP contribution in [0.15, 0.2) is 30.5 Å². The van der Waals surface area contributed by atoms with Crippen LogP contribution in [0.5, 0.6) is 0 Å². The maximum atomic E-state index is 12.1. The van der Waals surface area contributed by atoms with Gasteiger partial charge in [0.1, 0.15) is 0 Å². The average molecular weight is 400 g/mol. The van der Waals surface area contributed by atoms with Gasteiger partial charge in [0, 0.05) is 25.2 Å². The Kier molecular flexibility index (Phi) is 5.44. The van der Waals surface area contributed by atoms with E-state index in [1.165, 1.54) is 11.1 Å². The number of carbonyl (C=O) groups excluding carboxylic acids is 1. The molecule has 1 unspecified atom stereocenters. The van der Waals surface area contributed by atoms with E-state index in [2.05, 4.69) is 12.1 Å². The van der Waals surface area contributed by atoms with Gasteiger partial charge in [-0.15, -0.1) is 0 Å². The van der Waals surface area contributed by atoms with Crippen molar-refractivity contribution in [2.75, 3.05) is 25.4 Å². The standard InChI is InChI=1S/C22H26ClN3O2/c1-2-28-22(27)26-12-9-14(10-13-26)19-16-7-8-18(23)20(24)17(16)6-5-15-4-3-11-25-21(15)19/h3-4,7-8,11,14,19H,2,5-6,9-10,12-13,24H2,1H3. The highest BCUT2D eigenvalue weighted by Crippen LogP contribution is 2.44. The minimum atomic E-state index is -0.211. The van der Waals surface area contributed by atoms with E-state index in [1.54, 1.807) is 0 Å². The second-order valence-corrected chi connectivity index (χ2v) is 7.98. The number of nitrogen functional groups attached to an aromatic ring is 1. The Bertz CT molecular complexity index is 878. The van der Waals surface area contributed by atoms with Crippen LogP contribution in [0, 0.1) is 5.92 Å². The molecule has 1 aromatic carbocycles. The van der Waals surface area contributed by atoms with E-state index in [0.29, 0.717) is 36.3 Å². The normalized spacial score (nSPS) is 19.5. The van der Waals surface area contributed by atoms with Crippen molar-refractivity contribution in [2.45, 2.75) is 38.5 Å². The summed E-state index contributed by atoms with van der Waals surface area (Å²) in [6, 6.07) is 8.21. The van der Waals surface area contributed by atoms with Gasteiger partial charge in [-0.3, -0.25) is 4.98 Å². The van der Waals surface area contributed by atoms with Gasteiger partial charge in [-0.1, -0.05) is 23.7 Å². The van der Waals surface area contributed by atoms with Crippen LogP contribution in [0.3, 0.4) is 0 Å². The molecule has 0 spiro atoms. The number of piperidine rings is 1. The summed E-state index contributed by atoms with van der Waals surface area (Å²) in [6.07, 6.45) is 5.29. The molecule has 1 atom stereocenters. The molecule has 2 N–H and O–H groups in total. The van der Waals surface area contributed by atoms with Gasteiger partial charge < -0.3 is 15.4 Å². The predicted molar refractivity (Wildman–Crippen MR) is 111 cm³/mol. The lowest BCUT2D eigenvalue weighted by Crippen LogP contribution is -2.40. The molecule has 148 valence electrons. The quantitative estimate of drug-likeness (QED) is 0.759. The number of carbonyl (C=O) groups is 1. The third kappa shape index (κ3) is 3.44. The Morgan fingerprint density at radius 2 is 2.07 bits per heavy atom. The number of aromatic nitrogens is 1. The van der Waals surface area contributed by atoms with Crippen LogP contribution < -0.4 is 5.73 Å². The lowest BCUT2D eigenvalue weighted by molar-refractivity contribution is 0.0900. The fourth-order valence-electron chi connectivity index (χ4n) is 4.68. The van der Waals surface area contributed by atoms with E-state index < -0.39 is 0 Å². The van der Waals surface area contributed by atoms with Gasteiger partial charge in [0.25, 0.3) is 0 Å². The van der Waals surface area contributed by atoms with Crippen molar-refractivity contribution in [1.29, 1.82) is 0 Å². The van der Waals surface area contributed by atoms with Gasteiger partial charge in [-0.05, 0) is 67.3 Å². The number of benzene rings is 1. The number of hydrogen-bond acceptors (Lipinski definition) is 4. The molecule has 2 aromatic rings. The van der Waals surface area contributed by atoms with Crippen LogP contribution in [-0.4, -0.2) is 35.7 Å². The molecule has 1 aromatic heterocycles. The number of ether oxygens (including phenoxy) is 1. The number of anilines is 1. The first-order valence-electron chi connectivity index (χ1n) is 10.0. The summed E-state index contributed by atoms with van der Waals surface area (Å²) in [7, 11) is 0. The first kappa shape index (κ1) is 19.1. The van der Waals surface area contributed by atoms with Crippen molar-refractivity contribution in [3.05, 3.63) is 57.9 Å². The fraction of sp³-hybridized carbons (Fsp3) is 0.455. The largest absolute Gasteiger partial charge is 0.450 e. The highest BCUT2D eigenvalue weighted by Gasteiger charge is 2.35. The molecule has 1 fully saturated rings. The molecule has 28 heavy (non-hydrogen) atoms. The Balaban J connectivity index is 1.69. The molecule has 0 saturated carbocycles. The molecule has 5 nitrogen and oxygen atoms in total. The zero-order chi connectivity index (χ0) is 19.7. The first-order chi connectivity index (χ1) is 13.6. The number of hydrogen-bond donors (Lipinski definition) is 1. The van der Waals surface area contributed by atoms with Crippen LogP contribution in [0.25, 0.3) is 0 Å². The summed E-state index contributed by atoms with van der Waals surface area (Å²) >= 11 is 6.33. The maximum absolute atomic E-state index is 12.1. The van der Waals surface area contributed by atoms with Crippen molar-refractivity contribution < 1.29 is 9.53 Å². The molecule has 0 bridgehead atoms. The summed E-state index contributed by atoms with van der Waals surface area (Å²) in [5.41, 5.74) is 11.9. The summed E-state index contributed by atoms with van der Waals surface area (Å²) in [4.78, 5) is 18.7. The minimum absolute atomic E-state index is 0.178. The van der Waals surface area contributed by atoms with E-state index >= 15 is 0 Å². The van der Waals surface area contributed by atoms with Gasteiger partial charge in [-0.25, -0.2) is 4.79 Å². The number of aryl methyl sites for hydroxylation is 1. The lowest BCUT2D eigenvalue weighted by Gasteiger charge is -2.36. The van der Waals surface area contributed by atoms with E-state index in [4.69, 9.17) is 27.1 Å². The van der Waals surface area contributed by atoms with E-state index in [0.717, 1.165) is 36.9 Å². The SMILES string of the molecule is CCOC(=O)N1CCC(C2c3ccc(Cl)c(N)c3CCc3cccnc32)CC1. The zero-order valence-corrected chi connectivity index (χ0v) is 16.9. The number of fused-ring (bicyclic) bond motifs is 2. The van der Waals surface area contributed by atoms with Crippen molar-refractivity contribution >= 4 is 23.4 Å². The number of amides is 1. The zero-order valence-electron chi connectivity index (χ0n) is 16.2. The molecular formula is C22H26ClN3O2. The van der Waals surface area contributed by atoms with Crippen molar-refractivity contribution in [1.82, 2.24) is 9.88 Å². The number of nitrogens with zero attached hydrogens (tertiary/aromatic N) is 2. The maximum Gasteiger partial charge on any atom is 0.409 e. The fourth-order valence-corrected chi connectivity index (χ4v) is 4.86. The Morgan fingerprint density at radius 1 is 1.29 bits per heavy atom. The van der Waals surface area contributed by atoms with Gasteiger partial charge in [0.15, 0.2) is 0 Å². The molecule has 1 aliphatic heterocycles. The van der Waals surface area contributed by atoms with E-state index in [-0.39, 0.29) is 12.0 Å². The molecule has 2 aliphatic rings. The lowest BCUT2D eigenvalue weighted by atomic mass is 9.76. The van der Waals surface area contributed by atoms with Crippen molar-refractivity contribution in [2.24, 2.45) is 5.92 Å². The molecule has 4 rings (SSSR count). The minimum Gasteiger partial charge on any atom is -0.450 e. The van der Waals surface area contributed by atoms with E-state index in [1.807, 2.05) is 30.2 Å². The highest BCUT2D eigenvalue weighted by atomic mass is 35.5. The number of pyridine rings is 1. The van der Waals surface area contributed by atoms with E-state index in [9.17, 15) is 4.79 Å². The highest BCUT2D eigenvalue weighted by molar-refractivity contribution is 6.33. The predicted octanol–water partition coefficient (Wildman–Crippen LogP) is 4.42. The monoisotopic (exact) mass is 399 g/mol. The third-order valence-corrected chi connectivity index (χ3v) is 6.41. The Labute approximate surface area is 170 Å². The van der Waals surface area contributed by atoms with Gasteiger partial charge >= 0.3 is 6.09 Å². The van der Waals surface area contributed by atoms with Gasteiger partial charge in [0.05, 0.1) is 23.0 Å². The van der Waals surface area contributed by atoms with Crippen LogP contribution in [0.4, 0.5) is 10.5 Å². The summed E-state index contributed by atoms with van der Waals surface area (Å²) in [5, 5.41) is 0.619. The molecule has 0 radical (unpaired) electrons. The molecule has 2 heterocycles. The average Bonchev–Trinajstić information content (AvgIpc) is 2.88. The van der Waals surface area contributed by atoms with Crippen LogP contribution in [-0.2, 0) is 17.6 Å². The van der Waals surface area contributed by atoms with Gasteiger partial charge in [-0.2, -0.15) is 0 Å². The smallest absolute Gasteiger partial charge is 0.409 e. The number of nitrogens with two attached hydrogens (primary N) is 1. The Morgan fingerprint density at radius 3 is 2.82 bits per heavy atom. The molecule has 1 aliphatic carbocycles. The number of halogens is 1. The molecule has 1 amide bonds. The van der Waals surface area contributed by atoms with Gasteiger partial charge in [0.2, 0.25) is 0 Å². The Hall–Kier alpha value is -2.27. The topological polar surface area (TPSA) is 68.5 Å². The summed E-state index contributed by atoms with van der Waals surface area (Å²) in [5.74, 6) is 0.578. The second kappa shape index (κ2) is 8.00. The molecule has 1 saturated heterocycles. The third-order valence-electron chi connectivity index (χ3n) is 6.08. The summed E-state index contributed by atoms with van der Waals surface area (Å²) in [6.45, 7) is 3.67.